The van der Waals surface area contributed by atoms with Crippen molar-refractivity contribution >= 4 is 43.1 Å². The SMILES string of the molecule is [2H]c1c(C)[n+](C)c(-c2cc(-c3ccccc3)c(F)cc2C)c2ccc(C34CC5CC(CC(C5)C3)C4)cc12.[2H]c1c(C)[n+](C)c(-c2cc(-c3ccccc3)cc(C)c2C)c2ccc(C34CC5CC(CC(C5)C3)C4)cc12.[2H]c1c(C)[n+](C)c(-c2cc(-c3ccccc3)ccc2C)c2ccc(C34CC5CC(CC(C5)C3)C4)cc12.[2H]c1c(C)[n+](C)c(-c2ccc(-c3ccccc3)cc2C)c2ccc(C34CC5CC(CC(C5)C3)C4)cc12. The fourth-order valence-electron chi connectivity index (χ4n) is 33.5. The summed E-state index contributed by atoms with van der Waals surface area (Å²) in [5.74, 6) is 10.8. The molecule has 16 saturated carbocycles. The molecule has 16 bridgehead atoms. The number of pyridine rings is 4. The first kappa shape index (κ1) is 86.8. The zero-order valence-corrected chi connectivity index (χ0v) is 86.3. The van der Waals surface area contributed by atoms with Crippen molar-refractivity contribution < 1.29 is 28.1 Å². The zero-order chi connectivity index (χ0) is 100. The number of aromatic nitrogens is 4. The van der Waals surface area contributed by atoms with Crippen LogP contribution >= 0.6 is 0 Å². The van der Waals surface area contributed by atoms with Gasteiger partial charge in [0, 0.05) is 63.0 Å². The number of nitrogens with zero attached hydrogens (tertiary/aromatic N) is 4. The van der Waals surface area contributed by atoms with Gasteiger partial charge in [-0.15, -0.1) is 0 Å². The Morgan fingerprint density at radius 1 is 0.225 bits per heavy atom. The van der Waals surface area contributed by atoms with Crippen molar-refractivity contribution in [1.29, 1.82) is 0 Å². The van der Waals surface area contributed by atoms with Crippen molar-refractivity contribution in [1.82, 2.24) is 0 Å². The monoisotopic (exact) mass is 1870 g/mol. The van der Waals surface area contributed by atoms with E-state index in [2.05, 4.69) is 300 Å². The van der Waals surface area contributed by atoms with Gasteiger partial charge < -0.3 is 0 Å². The summed E-state index contributed by atoms with van der Waals surface area (Å²) in [5.41, 5.74) is 36.0. The van der Waals surface area contributed by atoms with Gasteiger partial charge in [0.05, 0.1) is 43.7 Å². The van der Waals surface area contributed by atoms with Crippen molar-refractivity contribution in [3.8, 4) is 89.5 Å². The lowest BCUT2D eigenvalue weighted by Gasteiger charge is -2.57. The molecule has 32 rings (SSSR count). The average molecular weight is 1870 g/mol. The predicted molar refractivity (Wildman–Crippen MR) is 586 cm³/mol. The molecular formula is C137H145FN4+4. The molecule has 0 atom stereocenters. The highest BCUT2D eigenvalue weighted by molar-refractivity contribution is 5.99. The average Bonchev–Trinajstić information content (AvgIpc) is 0.733. The van der Waals surface area contributed by atoms with Crippen LogP contribution in [0.2, 0.25) is 0 Å². The maximum Gasteiger partial charge on any atom is 0.220 e. The van der Waals surface area contributed by atoms with E-state index in [1.807, 2.05) is 57.3 Å². The van der Waals surface area contributed by atoms with E-state index in [4.69, 9.17) is 4.11 Å². The molecule has 0 spiro atoms. The summed E-state index contributed by atoms with van der Waals surface area (Å²) in [4.78, 5) is 0. The van der Waals surface area contributed by atoms with Crippen LogP contribution in [0.1, 0.15) is 232 Å². The Labute approximate surface area is 850 Å². The van der Waals surface area contributed by atoms with Crippen molar-refractivity contribution in [2.45, 2.75) is 238 Å². The maximum atomic E-state index is 15.2. The van der Waals surface area contributed by atoms with Gasteiger partial charge in [-0.1, -0.05) is 200 Å². The normalized spacial score (nSPS) is 27.2. The van der Waals surface area contributed by atoms with Crippen LogP contribution in [0, 0.1) is 139 Å². The highest BCUT2D eigenvalue weighted by Crippen LogP contribution is 2.66. The second-order valence-corrected chi connectivity index (χ2v) is 48.4. The van der Waals surface area contributed by atoms with Crippen molar-refractivity contribution in [3.05, 3.63) is 358 Å². The van der Waals surface area contributed by atoms with Crippen LogP contribution in [0.15, 0.2) is 279 Å². The van der Waals surface area contributed by atoms with E-state index in [0.717, 1.165) is 143 Å². The van der Waals surface area contributed by atoms with Gasteiger partial charge in [0.25, 0.3) is 0 Å². The Morgan fingerprint density at radius 2 is 0.486 bits per heavy atom. The van der Waals surface area contributed by atoms with Crippen LogP contribution < -0.4 is 18.3 Å². The number of benzene rings is 12. The van der Waals surface area contributed by atoms with Gasteiger partial charge in [0.2, 0.25) is 22.8 Å². The zero-order valence-electron chi connectivity index (χ0n) is 90.3. The summed E-state index contributed by atoms with van der Waals surface area (Å²) in [7, 11) is 8.43. The highest BCUT2D eigenvalue weighted by Gasteiger charge is 2.56. The van der Waals surface area contributed by atoms with Crippen molar-refractivity contribution in [3.63, 3.8) is 0 Å². The first-order chi connectivity index (χ1) is 70.5. The number of hydrogen-bond donors (Lipinski definition) is 0. The smallest absolute Gasteiger partial charge is 0.206 e. The van der Waals surface area contributed by atoms with Gasteiger partial charge in [0.1, 0.15) is 34.0 Å². The van der Waals surface area contributed by atoms with Gasteiger partial charge in [-0.2, -0.15) is 18.3 Å². The van der Waals surface area contributed by atoms with Crippen LogP contribution in [0.4, 0.5) is 4.39 Å². The summed E-state index contributed by atoms with van der Waals surface area (Å²) >= 11 is 0. The van der Waals surface area contributed by atoms with E-state index in [1.54, 1.807) is 6.07 Å². The summed E-state index contributed by atoms with van der Waals surface area (Å²) in [6, 6.07) is 95.1. The van der Waals surface area contributed by atoms with E-state index in [1.165, 1.54) is 282 Å². The second kappa shape index (κ2) is 35.6. The van der Waals surface area contributed by atoms with Crippen LogP contribution in [0.3, 0.4) is 0 Å². The predicted octanol–water partition coefficient (Wildman–Crippen LogP) is 32.8. The van der Waals surface area contributed by atoms with Gasteiger partial charge in [-0.05, 0) is 447 Å². The molecule has 16 aromatic rings. The minimum Gasteiger partial charge on any atom is -0.206 e. The van der Waals surface area contributed by atoms with Gasteiger partial charge in [0.15, 0.2) is 22.8 Å². The Balaban J connectivity index is 0.000000102. The molecule has 0 aliphatic heterocycles. The van der Waals surface area contributed by atoms with E-state index in [-0.39, 0.29) is 5.82 Å². The molecule has 0 saturated heterocycles. The highest BCUT2D eigenvalue weighted by atomic mass is 19.1. The molecular weight excluding hydrogens is 1720 g/mol. The van der Waals surface area contributed by atoms with Crippen molar-refractivity contribution in [2.24, 2.45) is 99.2 Å². The molecule has 142 heavy (non-hydrogen) atoms. The lowest BCUT2D eigenvalue weighted by Crippen LogP contribution is -2.48. The first-order valence-corrected chi connectivity index (χ1v) is 54.6. The largest absolute Gasteiger partial charge is 0.220 e. The third kappa shape index (κ3) is 16.2. The van der Waals surface area contributed by atoms with E-state index < -0.39 is 0 Å². The molecule has 16 aliphatic carbocycles. The molecule has 16 aliphatic rings. The number of halogens is 1. The van der Waals surface area contributed by atoms with Gasteiger partial charge >= 0.3 is 0 Å². The standard InChI is InChI=1S/C35H38N.C34H35FN.2C34H36N/c1-22-12-29(28-8-6-5-7-9-28)18-33(24(22)3)34-32-11-10-31(17-30(32)13-23(2)36(34)4)35-19-25-14-26(20-35)16-27(15-25)21-35;1-21-11-32(35)31(26-7-5-4-6-8-26)17-30(21)33-29-10-9-28(16-27(29)12-22(2)36(33)3)34-18-23-13-24(19-34)15-25(14-23)20-34;1-22-13-28(27-7-5-4-6-8-27)9-11-31(22)33-32-12-10-30(18-29(32)14-23(2)35(33)3)34-19-24-15-25(20-34)17-26(16-24)21-34;1-22-9-10-28(27-7-5-4-6-8-27)18-32(22)33-31-12-11-30(17-29(31)13-23(2)35(33)3)34-19-24-14-25(20-34)16-26(15-24)21-34/h5-13,17-18,25-27H,14-16,19-21H2,1-4H3;4-12,16-17,23-25H,13-15,18-20H2,1-3H3;4-14,18,24-26H,15-17,19-21H2,1-3H3;4-13,17-18,24-26H,14-16,19-21H2,1-3H3/q4*+1/i13D;12D;14D;13D. The van der Waals surface area contributed by atoms with Crippen LogP contribution in [0.25, 0.3) is 133 Å². The Morgan fingerprint density at radius 3 is 0.810 bits per heavy atom. The number of fused-ring (bicyclic) bond motifs is 4. The minimum absolute atomic E-state index is 0.197. The summed E-state index contributed by atoms with van der Waals surface area (Å²) in [5, 5.41) is 9.11. The molecule has 5 heteroatoms. The molecule has 12 aromatic carbocycles. The number of rotatable bonds is 12. The molecule has 716 valence electrons. The summed E-state index contributed by atoms with van der Waals surface area (Å²) in [6.07, 6.45) is 33.7. The van der Waals surface area contributed by atoms with E-state index >= 15 is 4.39 Å². The van der Waals surface area contributed by atoms with Crippen LogP contribution in [0.5, 0.6) is 0 Å². The topological polar surface area (TPSA) is 15.5 Å². The Hall–Kier alpha value is -11.8. The minimum atomic E-state index is -0.197. The number of hydrogen-bond acceptors (Lipinski definition) is 0. The second-order valence-electron chi connectivity index (χ2n) is 48.4. The molecule has 0 N–H and O–H groups in total. The molecule has 0 radical (unpaired) electrons. The Kier molecular flexibility index (Phi) is 21.8. The van der Waals surface area contributed by atoms with E-state index in [9.17, 15) is 1.37 Å². The molecule has 4 aromatic heterocycles. The third-order valence-corrected chi connectivity index (χ3v) is 39.2. The van der Waals surface area contributed by atoms with Crippen molar-refractivity contribution in [2.75, 3.05) is 0 Å². The fourth-order valence-corrected chi connectivity index (χ4v) is 33.5. The molecule has 0 amide bonds. The van der Waals surface area contributed by atoms with Crippen LogP contribution in [-0.4, -0.2) is 0 Å². The number of aryl methyl sites for hydroxylation is 4. The molecule has 0 unspecified atom stereocenters. The van der Waals surface area contributed by atoms with Gasteiger partial charge in [-0.3, -0.25) is 0 Å². The van der Waals surface area contributed by atoms with Gasteiger partial charge in [-0.25, -0.2) is 4.39 Å². The Bertz CT molecular complexity index is 7830. The molecule has 4 nitrogen and oxygen atoms in total. The maximum absolute atomic E-state index is 15.2. The fraction of sp³-hybridized carbons (Fsp3) is 0.387. The lowest BCUT2D eigenvalue weighted by molar-refractivity contribution is -0.665. The lowest BCUT2D eigenvalue weighted by atomic mass is 9.48. The first-order valence-electron chi connectivity index (χ1n) is 56.6. The van der Waals surface area contributed by atoms with E-state index in [0.29, 0.717) is 51.4 Å². The molecule has 4 heterocycles. The third-order valence-electron chi connectivity index (χ3n) is 39.2. The van der Waals surface area contributed by atoms with Crippen LogP contribution in [-0.2, 0) is 49.9 Å². The molecule has 16 fully saturated rings. The summed E-state index contributed by atoms with van der Waals surface area (Å²) < 4.78 is 60.5. The quantitative estimate of drug-likeness (QED) is 0.108. The summed E-state index contributed by atoms with van der Waals surface area (Å²) in [6.45, 7) is 19.3.